The summed E-state index contributed by atoms with van der Waals surface area (Å²) >= 11 is 0. The molecule has 1 aromatic carbocycles. The highest BCUT2D eigenvalue weighted by atomic mass is 19.1. The second kappa shape index (κ2) is 4.97. The van der Waals surface area contributed by atoms with E-state index in [1.807, 2.05) is 13.8 Å². The minimum Gasteiger partial charge on any atom is -0.465 e. The molecule has 2 aliphatic carbocycles. The van der Waals surface area contributed by atoms with Gasteiger partial charge in [-0.05, 0) is 42.5 Å². The largest absolute Gasteiger partial charge is 0.465 e. The van der Waals surface area contributed by atoms with Crippen LogP contribution in [-0.2, 0) is 5.54 Å². The van der Waals surface area contributed by atoms with Crippen LogP contribution in [0.15, 0.2) is 24.3 Å². The van der Waals surface area contributed by atoms with E-state index in [4.69, 9.17) is 0 Å². The van der Waals surface area contributed by atoms with Gasteiger partial charge >= 0.3 is 6.09 Å². The van der Waals surface area contributed by atoms with Gasteiger partial charge in [-0.1, -0.05) is 19.9 Å². The maximum absolute atomic E-state index is 14.1. The van der Waals surface area contributed by atoms with Crippen molar-refractivity contribution in [2.75, 3.05) is 0 Å². The summed E-state index contributed by atoms with van der Waals surface area (Å²) in [6.07, 6.45) is 0.296. The quantitative estimate of drug-likeness (QED) is 0.868. The van der Waals surface area contributed by atoms with E-state index >= 15 is 0 Å². The van der Waals surface area contributed by atoms with Gasteiger partial charge < -0.3 is 10.4 Å². The molecule has 1 saturated carbocycles. The van der Waals surface area contributed by atoms with E-state index in [2.05, 4.69) is 15.5 Å². The molecule has 1 amide bonds. The van der Waals surface area contributed by atoms with Crippen molar-refractivity contribution in [2.24, 2.45) is 5.41 Å². The molecule has 1 fully saturated rings. The SMILES string of the molecule is CC1(C)[C@H]2CC[C@]1(NC(=O)O)c1nnc(-c3c(F)cccc3F)cc12. The molecular formula is C18H17F2N3O2. The van der Waals surface area contributed by atoms with Crippen molar-refractivity contribution < 1.29 is 18.7 Å². The van der Waals surface area contributed by atoms with Crippen LogP contribution in [-0.4, -0.2) is 21.4 Å². The second-order valence-corrected chi connectivity index (χ2v) is 7.28. The Balaban J connectivity index is 1.90. The van der Waals surface area contributed by atoms with E-state index in [1.165, 1.54) is 18.2 Å². The van der Waals surface area contributed by atoms with Crippen LogP contribution < -0.4 is 5.32 Å². The Kier molecular flexibility index (Phi) is 3.17. The van der Waals surface area contributed by atoms with Gasteiger partial charge in [0.05, 0.1) is 22.5 Å². The molecule has 2 atom stereocenters. The van der Waals surface area contributed by atoms with E-state index in [9.17, 15) is 18.7 Å². The fourth-order valence-corrected chi connectivity index (χ4v) is 4.64. The zero-order valence-corrected chi connectivity index (χ0v) is 13.8. The molecule has 0 saturated heterocycles. The summed E-state index contributed by atoms with van der Waals surface area (Å²) in [5, 5.41) is 20.2. The van der Waals surface area contributed by atoms with Gasteiger partial charge in [-0.3, -0.25) is 0 Å². The zero-order chi connectivity index (χ0) is 18.0. The lowest BCUT2D eigenvalue weighted by atomic mass is 9.75. The van der Waals surface area contributed by atoms with Crippen molar-refractivity contribution in [3.8, 4) is 11.3 Å². The van der Waals surface area contributed by atoms with Gasteiger partial charge in [-0.2, -0.15) is 5.10 Å². The average molecular weight is 345 g/mol. The fraction of sp³-hybridized carbons (Fsp3) is 0.389. The molecular weight excluding hydrogens is 328 g/mol. The Hall–Kier alpha value is -2.57. The van der Waals surface area contributed by atoms with Crippen LogP contribution in [0.4, 0.5) is 13.6 Å². The van der Waals surface area contributed by atoms with Gasteiger partial charge in [-0.15, -0.1) is 5.10 Å². The number of amides is 1. The van der Waals surface area contributed by atoms with E-state index in [0.29, 0.717) is 12.1 Å². The number of aromatic nitrogens is 2. The Bertz CT molecular complexity index is 880. The summed E-state index contributed by atoms with van der Waals surface area (Å²) in [5.41, 5.74) is 0.0866. The number of halogens is 2. The summed E-state index contributed by atoms with van der Waals surface area (Å²) in [4.78, 5) is 11.4. The lowest BCUT2D eigenvalue weighted by Crippen LogP contribution is -2.51. The molecule has 25 heavy (non-hydrogen) atoms. The lowest BCUT2D eigenvalue weighted by Gasteiger charge is -2.37. The third-order valence-electron chi connectivity index (χ3n) is 5.92. The molecule has 0 aliphatic heterocycles. The molecule has 4 rings (SSSR count). The van der Waals surface area contributed by atoms with Crippen molar-refractivity contribution in [1.29, 1.82) is 0 Å². The molecule has 0 unspecified atom stereocenters. The molecule has 0 spiro atoms. The fourth-order valence-electron chi connectivity index (χ4n) is 4.64. The summed E-state index contributed by atoms with van der Waals surface area (Å²) < 4.78 is 28.2. The van der Waals surface area contributed by atoms with Crippen LogP contribution in [0, 0.1) is 17.0 Å². The lowest BCUT2D eigenvalue weighted by molar-refractivity contribution is 0.133. The maximum Gasteiger partial charge on any atom is 0.405 e. The highest BCUT2D eigenvalue weighted by molar-refractivity contribution is 5.69. The third-order valence-corrected chi connectivity index (χ3v) is 5.92. The maximum atomic E-state index is 14.1. The Morgan fingerprint density at radius 3 is 2.60 bits per heavy atom. The van der Waals surface area contributed by atoms with Gasteiger partial charge in [-0.25, -0.2) is 13.6 Å². The van der Waals surface area contributed by atoms with Crippen LogP contribution in [0.3, 0.4) is 0 Å². The summed E-state index contributed by atoms with van der Waals surface area (Å²) in [6.45, 7) is 3.98. The highest BCUT2D eigenvalue weighted by Gasteiger charge is 2.64. The molecule has 0 radical (unpaired) electrons. The van der Waals surface area contributed by atoms with Gasteiger partial charge in [0.2, 0.25) is 0 Å². The molecule has 130 valence electrons. The van der Waals surface area contributed by atoms with Gasteiger partial charge in [0, 0.05) is 5.41 Å². The van der Waals surface area contributed by atoms with E-state index in [-0.39, 0.29) is 17.2 Å². The summed E-state index contributed by atoms with van der Waals surface area (Å²) in [7, 11) is 0. The standard InChI is InChI=1S/C18H17F2N3O2/c1-17(2)10-6-7-18(17,21-16(24)25)15-9(10)8-13(22-23-15)14-11(19)4-3-5-12(14)20/h3-5,8,10,21H,6-7H2,1-2H3,(H,24,25)/t10-,18-/m0/s1. The molecule has 7 heteroatoms. The molecule has 5 nitrogen and oxygen atoms in total. The predicted octanol–water partition coefficient (Wildman–Crippen LogP) is 3.80. The van der Waals surface area contributed by atoms with Gasteiger partial charge in [0.1, 0.15) is 11.6 Å². The van der Waals surface area contributed by atoms with Crippen LogP contribution in [0.2, 0.25) is 0 Å². The number of fused-ring (bicyclic) bond motifs is 5. The first-order valence-electron chi connectivity index (χ1n) is 8.11. The number of nitrogens with zero attached hydrogens (tertiary/aromatic N) is 2. The second-order valence-electron chi connectivity index (χ2n) is 7.28. The Labute approximate surface area is 143 Å². The number of hydrogen-bond donors (Lipinski definition) is 2. The number of rotatable bonds is 2. The third kappa shape index (κ3) is 1.95. The normalized spacial score (nSPS) is 25.7. The van der Waals surface area contributed by atoms with E-state index < -0.39 is 28.7 Å². The number of carbonyl (C=O) groups is 1. The minimum absolute atomic E-state index is 0.0541. The molecule has 2 aromatic rings. The molecule has 1 heterocycles. The van der Waals surface area contributed by atoms with Crippen molar-refractivity contribution in [2.45, 2.75) is 38.1 Å². The van der Waals surface area contributed by atoms with Gasteiger partial charge in [0.25, 0.3) is 0 Å². The first-order chi connectivity index (χ1) is 11.8. The molecule has 2 N–H and O–H groups in total. The minimum atomic E-state index is -1.12. The molecule has 2 bridgehead atoms. The van der Waals surface area contributed by atoms with Gasteiger partial charge in [0.15, 0.2) is 0 Å². The Morgan fingerprint density at radius 2 is 1.96 bits per heavy atom. The van der Waals surface area contributed by atoms with Crippen LogP contribution >= 0.6 is 0 Å². The summed E-state index contributed by atoms with van der Waals surface area (Å²) in [6, 6.07) is 5.31. The Morgan fingerprint density at radius 1 is 1.28 bits per heavy atom. The highest BCUT2D eigenvalue weighted by Crippen LogP contribution is 2.66. The first-order valence-corrected chi connectivity index (χ1v) is 8.11. The van der Waals surface area contributed by atoms with E-state index in [1.54, 1.807) is 6.07 Å². The van der Waals surface area contributed by atoms with Crippen molar-refractivity contribution in [3.05, 3.63) is 47.2 Å². The topological polar surface area (TPSA) is 75.1 Å². The smallest absolute Gasteiger partial charge is 0.405 e. The van der Waals surface area contributed by atoms with Crippen LogP contribution in [0.1, 0.15) is 43.9 Å². The van der Waals surface area contributed by atoms with Crippen molar-refractivity contribution in [3.63, 3.8) is 0 Å². The summed E-state index contributed by atoms with van der Waals surface area (Å²) in [5.74, 6) is -1.34. The number of carboxylic acid groups (broad SMARTS) is 1. The van der Waals surface area contributed by atoms with Crippen molar-refractivity contribution >= 4 is 6.09 Å². The number of hydrogen-bond acceptors (Lipinski definition) is 3. The average Bonchev–Trinajstić information content (AvgIpc) is 2.87. The van der Waals surface area contributed by atoms with Crippen LogP contribution in [0.25, 0.3) is 11.3 Å². The van der Waals surface area contributed by atoms with Crippen molar-refractivity contribution in [1.82, 2.24) is 15.5 Å². The number of benzene rings is 1. The molecule has 1 aromatic heterocycles. The predicted molar refractivity (Wildman–Crippen MR) is 86.0 cm³/mol. The van der Waals surface area contributed by atoms with E-state index in [0.717, 1.165) is 12.0 Å². The first kappa shape index (κ1) is 15.9. The zero-order valence-electron chi connectivity index (χ0n) is 13.8. The monoisotopic (exact) mass is 345 g/mol. The molecule has 2 aliphatic rings. The number of nitrogens with one attached hydrogen (secondary N) is 1. The van der Waals surface area contributed by atoms with Crippen LogP contribution in [0.5, 0.6) is 0 Å².